The lowest BCUT2D eigenvalue weighted by Gasteiger charge is -2.16. The summed E-state index contributed by atoms with van der Waals surface area (Å²) in [5.74, 6) is -1.56. The van der Waals surface area contributed by atoms with Gasteiger partial charge in [0.25, 0.3) is 0 Å². The fourth-order valence-electron chi connectivity index (χ4n) is 0.955. The molecular formula is C8H16FO5P. The van der Waals surface area contributed by atoms with E-state index in [0.29, 0.717) is 0 Å². The van der Waals surface area contributed by atoms with Gasteiger partial charge in [-0.3, -0.25) is 4.57 Å². The molecule has 15 heavy (non-hydrogen) atoms. The zero-order chi connectivity index (χ0) is 11.9. The molecule has 0 aromatic carbocycles. The highest BCUT2D eigenvalue weighted by atomic mass is 31.2. The van der Waals surface area contributed by atoms with Gasteiger partial charge >= 0.3 is 13.6 Å². The lowest BCUT2D eigenvalue weighted by molar-refractivity contribution is -0.142. The topological polar surface area (TPSA) is 72.8 Å². The standard InChI is InChI=1S/C8H16FO5P/c1-3-13-15(12,14-4-2)6-5-7(9)8(10)11/h7H,3-6H2,1-2H3,(H,10,11). The average Bonchev–Trinajstić information content (AvgIpc) is 2.15. The summed E-state index contributed by atoms with van der Waals surface area (Å²) in [6.07, 6.45) is -2.62. The first-order valence-corrected chi connectivity index (χ1v) is 6.43. The molecule has 90 valence electrons. The molecule has 0 aliphatic carbocycles. The molecule has 0 heterocycles. The summed E-state index contributed by atoms with van der Waals surface area (Å²) in [4.78, 5) is 10.2. The minimum Gasteiger partial charge on any atom is -0.479 e. The van der Waals surface area contributed by atoms with Gasteiger partial charge in [-0.15, -0.1) is 0 Å². The number of aliphatic carboxylic acids is 1. The predicted octanol–water partition coefficient (Wildman–Crippen LogP) is 2.07. The molecule has 5 nitrogen and oxygen atoms in total. The van der Waals surface area contributed by atoms with Crippen LogP contribution in [-0.4, -0.2) is 36.6 Å². The van der Waals surface area contributed by atoms with Crippen molar-refractivity contribution in [2.45, 2.75) is 26.4 Å². The smallest absolute Gasteiger partial charge is 0.338 e. The largest absolute Gasteiger partial charge is 0.479 e. The predicted molar refractivity (Wildman–Crippen MR) is 52.9 cm³/mol. The number of carboxylic acids is 1. The molecule has 7 heteroatoms. The number of carbonyl (C=O) groups is 1. The van der Waals surface area contributed by atoms with Crippen LogP contribution in [0.25, 0.3) is 0 Å². The van der Waals surface area contributed by atoms with E-state index in [0.717, 1.165) is 0 Å². The molecule has 1 atom stereocenters. The average molecular weight is 242 g/mol. The second-order valence-corrected chi connectivity index (χ2v) is 4.95. The van der Waals surface area contributed by atoms with Crippen LogP contribution in [0.1, 0.15) is 20.3 Å². The number of alkyl halides is 1. The molecule has 0 aliphatic rings. The molecule has 1 unspecified atom stereocenters. The summed E-state index contributed by atoms with van der Waals surface area (Å²) in [5, 5.41) is 8.29. The molecule has 0 saturated heterocycles. The Morgan fingerprint density at radius 2 is 1.87 bits per heavy atom. The Kier molecular flexibility index (Phi) is 6.72. The van der Waals surface area contributed by atoms with Crippen LogP contribution in [0.15, 0.2) is 0 Å². The highest BCUT2D eigenvalue weighted by Gasteiger charge is 2.27. The molecule has 0 bridgehead atoms. The van der Waals surface area contributed by atoms with Crippen molar-refractivity contribution in [3.05, 3.63) is 0 Å². The number of carboxylic acid groups (broad SMARTS) is 1. The van der Waals surface area contributed by atoms with Crippen LogP contribution in [0.2, 0.25) is 0 Å². The Hall–Kier alpha value is -0.450. The van der Waals surface area contributed by atoms with Gasteiger partial charge in [-0.2, -0.15) is 0 Å². The van der Waals surface area contributed by atoms with Crippen molar-refractivity contribution >= 4 is 13.6 Å². The van der Waals surface area contributed by atoms with Gasteiger partial charge in [0, 0.05) is 6.42 Å². The summed E-state index contributed by atoms with van der Waals surface area (Å²) < 4.78 is 34.2. The van der Waals surface area contributed by atoms with E-state index in [-0.39, 0.29) is 25.8 Å². The van der Waals surface area contributed by atoms with Crippen molar-refractivity contribution in [2.24, 2.45) is 0 Å². The van der Waals surface area contributed by atoms with E-state index in [1.165, 1.54) is 0 Å². The zero-order valence-corrected chi connectivity index (χ0v) is 9.71. The maximum Gasteiger partial charge on any atom is 0.338 e. The van der Waals surface area contributed by atoms with Crippen molar-refractivity contribution in [3.8, 4) is 0 Å². The molecule has 1 N–H and O–H groups in total. The van der Waals surface area contributed by atoms with Gasteiger partial charge in [0.2, 0.25) is 0 Å². The van der Waals surface area contributed by atoms with Crippen LogP contribution in [-0.2, 0) is 18.4 Å². The van der Waals surface area contributed by atoms with Crippen LogP contribution >= 0.6 is 7.60 Å². The second kappa shape index (κ2) is 6.93. The molecule has 0 saturated carbocycles. The van der Waals surface area contributed by atoms with Gasteiger partial charge in [-0.05, 0) is 13.8 Å². The summed E-state index contributed by atoms with van der Waals surface area (Å²) in [7, 11) is -3.32. The lowest BCUT2D eigenvalue weighted by Crippen LogP contribution is -2.16. The minimum absolute atomic E-state index is 0.182. The van der Waals surface area contributed by atoms with Crippen molar-refractivity contribution in [2.75, 3.05) is 19.4 Å². The van der Waals surface area contributed by atoms with Gasteiger partial charge in [0.1, 0.15) is 0 Å². The number of hydrogen-bond donors (Lipinski definition) is 1. The van der Waals surface area contributed by atoms with Gasteiger partial charge in [-0.25, -0.2) is 9.18 Å². The number of halogens is 1. The fraction of sp³-hybridized carbons (Fsp3) is 0.875. The van der Waals surface area contributed by atoms with E-state index in [1.54, 1.807) is 13.8 Å². The maximum absolute atomic E-state index is 12.7. The van der Waals surface area contributed by atoms with E-state index in [1.807, 2.05) is 0 Å². The zero-order valence-electron chi connectivity index (χ0n) is 8.81. The number of hydrogen-bond acceptors (Lipinski definition) is 4. The van der Waals surface area contributed by atoms with Crippen molar-refractivity contribution < 1.29 is 27.9 Å². The summed E-state index contributed by atoms with van der Waals surface area (Å²) in [6.45, 7) is 3.63. The molecule has 0 spiro atoms. The SMILES string of the molecule is CCOP(=O)(CCC(F)C(=O)O)OCC. The second-order valence-electron chi connectivity index (χ2n) is 2.76. The monoisotopic (exact) mass is 242 g/mol. The minimum atomic E-state index is -3.32. The maximum atomic E-state index is 12.7. The molecule has 0 rings (SSSR count). The lowest BCUT2D eigenvalue weighted by atomic mass is 10.3. The summed E-state index contributed by atoms with van der Waals surface area (Å²) in [5.41, 5.74) is 0. The highest BCUT2D eigenvalue weighted by Crippen LogP contribution is 2.48. The first-order valence-electron chi connectivity index (χ1n) is 4.70. The van der Waals surface area contributed by atoms with E-state index in [4.69, 9.17) is 14.2 Å². The quantitative estimate of drug-likeness (QED) is 0.659. The molecule has 0 aromatic rings. The van der Waals surface area contributed by atoms with Gasteiger partial charge in [0.15, 0.2) is 6.17 Å². The molecule has 0 fully saturated rings. The van der Waals surface area contributed by atoms with Crippen molar-refractivity contribution in [3.63, 3.8) is 0 Å². The third kappa shape index (κ3) is 5.87. The Bertz CT molecular complexity index is 235. The molecular weight excluding hydrogens is 226 g/mol. The Morgan fingerprint density at radius 3 is 2.20 bits per heavy atom. The Morgan fingerprint density at radius 1 is 1.40 bits per heavy atom. The van der Waals surface area contributed by atoms with E-state index < -0.39 is 19.7 Å². The van der Waals surface area contributed by atoms with E-state index in [9.17, 15) is 13.8 Å². The summed E-state index contributed by atoms with van der Waals surface area (Å²) in [6, 6.07) is 0. The summed E-state index contributed by atoms with van der Waals surface area (Å²) >= 11 is 0. The first kappa shape index (κ1) is 14.6. The normalized spacial score (nSPS) is 13.8. The van der Waals surface area contributed by atoms with Gasteiger partial charge < -0.3 is 14.2 Å². The third-order valence-corrected chi connectivity index (χ3v) is 3.69. The van der Waals surface area contributed by atoms with Crippen LogP contribution in [0.5, 0.6) is 0 Å². The van der Waals surface area contributed by atoms with Gasteiger partial charge in [-0.1, -0.05) is 0 Å². The Balaban J connectivity index is 4.18. The molecule has 0 radical (unpaired) electrons. The molecule has 0 aliphatic heterocycles. The van der Waals surface area contributed by atoms with Crippen LogP contribution in [0.3, 0.4) is 0 Å². The van der Waals surface area contributed by atoms with Crippen LogP contribution in [0, 0.1) is 0 Å². The molecule has 0 aromatic heterocycles. The third-order valence-electron chi connectivity index (χ3n) is 1.58. The molecule has 0 amide bonds. The van der Waals surface area contributed by atoms with Gasteiger partial charge in [0.05, 0.1) is 19.4 Å². The Labute approximate surface area is 88.1 Å². The van der Waals surface area contributed by atoms with E-state index >= 15 is 0 Å². The van der Waals surface area contributed by atoms with Crippen molar-refractivity contribution in [1.29, 1.82) is 0 Å². The number of rotatable bonds is 8. The van der Waals surface area contributed by atoms with E-state index in [2.05, 4.69) is 0 Å². The van der Waals surface area contributed by atoms with Crippen molar-refractivity contribution in [1.82, 2.24) is 0 Å². The van der Waals surface area contributed by atoms with Crippen LogP contribution < -0.4 is 0 Å². The van der Waals surface area contributed by atoms with Crippen LogP contribution in [0.4, 0.5) is 4.39 Å². The fourth-order valence-corrected chi connectivity index (χ4v) is 2.62. The highest BCUT2D eigenvalue weighted by molar-refractivity contribution is 7.53. The first-order chi connectivity index (χ1) is 6.95.